The Bertz CT molecular complexity index is 1610. The fourth-order valence-electron chi connectivity index (χ4n) is 7.61. The van der Waals surface area contributed by atoms with Crippen molar-refractivity contribution in [2.24, 2.45) is 22.7 Å². The van der Waals surface area contributed by atoms with Crippen LogP contribution in [0.15, 0.2) is 53.8 Å². The zero-order valence-electron chi connectivity index (χ0n) is 25.4. The molecule has 4 fully saturated rings. The topological polar surface area (TPSA) is 140 Å². The van der Waals surface area contributed by atoms with Gasteiger partial charge < -0.3 is 15.4 Å². The molecule has 2 spiro atoms. The largest absolute Gasteiger partial charge is 0.476 e. The standard InChI is InChI=1S/C32H41N7O4S/c1-30(2)17-22(18-36-30)5-3-4-15-33-26-8-7-24(20-34-26)44(41,42)38-29(40)23-6-9-27(35-19-23)39-16-10-28(37-39)43-21-25-31(11-12-31)32(25)13-14-32/h6-10,16,19-20,22,25,36H,3-5,11-15,17-18,21H2,1-2H3,(H,33,34)(H,38,40). The molecule has 3 N–H and O–H groups in total. The van der Waals surface area contributed by atoms with Gasteiger partial charge in [-0.05, 0) is 106 Å². The van der Waals surface area contributed by atoms with Gasteiger partial charge in [-0.15, -0.1) is 5.10 Å². The van der Waals surface area contributed by atoms with E-state index in [-0.39, 0.29) is 16.0 Å². The molecule has 3 aliphatic carbocycles. The van der Waals surface area contributed by atoms with Crippen molar-refractivity contribution in [3.63, 3.8) is 0 Å². The fraction of sp³-hybridized carbons (Fsp3) is 0.562. The lowest BCUT2D eigenvalue weighted by molar-refractivity contribution is 0.0981. The molecule has 1 atom stereocenters. The van der Waals surface area contributed by atoms with Crippen LogP contribution in [0.5, 0.6) is 5.88 Å². The number of rotatable bonds is 13. The van der Waals surface area contributed by atoms with Crippen LogP contribution in [0.4, 0.5) is 5.82 Å². The van der Waals surface area contributed by atoms with Crippen molar-refractivity contribution >= 4 is 21.7 Å². The first-order valence-corrected chi connectivity index (χ1v) is 17.2. The predicted molar refractivity (Wildman–Crippen MR) is 165 cm³/mol. The Morgan fingerprint density at radius 3 is 2.48 bits per heavy atom. The second kappa shape index (κ2) is 10.8. The third-order valence-corrected chi connectivity index (χ3v) is 11.6. The molecular formula is C32H41N7O4S. The number of pyridine rings is 2. The summed E-state index contributed by atoms with van der Waals surface area (Å²) in [5.74, 6) is 2.26. The first kappa shape index (κ1) is 29.2. The Morgan fingerprint density at radius 2 is 1.84 bits per heavy atom. The van der Waals surface area contributed by atoms with Gasteiger partial charge in [0.15, 0.2) is 5.82 Å². The van der Waals surface area contributed by atoms with Gasteiger partial charge >= 0.3 is 0 Å². The summed E-state index contributed by atoms with van der Waals surface area (Å²) in [5.41, 5.74) is 1.53. The van der Waals surface area contributed by atoms with E-state index >= 15 is 0 Å². The molecule has 3 saturated carbocycles. The number of amides is 1. The van der Waals surface area contributed by atoms with Crippen molar-refractivity contribution in [3.8, 4) is 11.7 Å². The van der Waals surface area contributed by atoms with E-state index in [1.54, 1.807) is 29.1 Å². The molecule has 3 aromatic heterocycles. The van der Waals surface area contributed by atoms with Gasteiger partial charge in [-0.2, -0.15) is 0 Å². The van der Waals surface area contributed by atoms with Crippen LogP contribution in [-0.2, 0) is 10.0 Å². The highest BCUT2D eigenvalue weighted by Gasteiger charge is 2.86. The average Bonchev–Trinajstić information content (AvgIpc) is 3.95. The van der Waals surface area contributed by atoms with Gasteiger partial charge in [0, 0.05) is 42.7 Å². The fourth-order valence-corrected chi connectivity index (χ4v) is 8.53. The molecule has 3 aromatic rings. The second-order valence-corrected chi connectivity index (χ2v) is 15.4. The van der Waals surface area contributed by atoms with Gasteiger partial charge in [0.1, 0.15) is 10.7 Å². The number of hydrogen-bond acceptors (Lipinski definition) is 9. The maximum atomic E-state index is 12.8. The van der Waals surface area contributed by atoms with Crippen molar-refractivity contribution < 1.29 is 17.9 Å². The normalized spacial score (nSPS) is 22.2. The molecule has 4 heterocycles. The highest BCUT2D eigenvalue weighted by molar-refractivity contribution is 7.90. The van der Waals surface area contributed by atoms with Crippen molar-refractivity contribution in [2.75, 3.05) is 25.0 Å². The maximum Gasteiger partial charge on any atom is 0.266 e. The lowest BCUT2D eigenvalue weighted by atomic mass is 9.93. The molecule has 234 valence electrons. The van der Waals surface area contributed by atoms with Crippen LogP contribution < -0.4 is 20.1 Å². The molecule has 1 amide bonds. The second-order valence-electron chi connectivity index (χ2n) is 13.8. The SMILES string of the molecule is CC1(C)CC(CCCCNc2ccc(S(=O)(=O)NC(=O)c3ccc(-n4ccc(OCC5C6(CC6)C56CC6)n4)nc3)cn2)CN1. The Labute approximate surface area is 258 Å². The zero-order valence-corrected chi connectivity index (χ0v) is 26.2. The number of ether oxygens (including phenoxy) is 1. The summed E-state index contributed by atoms with van der Waals surface area (Å²) in [6.07, 6.45) is 14.3. The number of anilines is 1. The molecule has 4 aliphatic rings. The molecule has 1 unspecified atom stereocenters. The first-order chi connectivity index (χ1) is 21.1. The van der Waals surface area contributed by atoms with Gasteiger partial charge in [0.2, 0.25) is 5.88 Å². The van der Waals surface area contributed by atoms with E-state index in [9.17, 15) is 13.2 Å². The van der Waals surface area contributed by atoms with E-state index in [4.69, 9.17) is 4.74 Å². The van der Waals surface area contributed by atoms with E-state index in [2.05, 4.69) is 44.3 Å². The van der Waals surface area contributed by atoms with Crippen molar-refractivity contribution in [3.05, 3.63) is 54.5 Å². The summed E-state index contributed by atoms with van der Waals surface area (Å²) >= 11 is 0. The van der Waals surface area contributed by atoms with Gasteiger partial charge in [-0.25, -0.2) is 27.8 Å². The first-order valence-electron chi connectivity index (χ1n) is 15.8. The Morgan fingerprint density at radius 1 is 1.05 bits per heavy atom. The van der Waals surface area contributed by atoms with Crippen LogP contribution in [0, 0.1) is 22.7 Å². The van der Waals surface area contributed by atoms with Crippen LogP contribution in [0.3, 0.4) is 0 Å². The minimum atomic E-state index is -4.11. The van der Waals surface area contributed by atoms with Gasteiger partial charge in [0.25, 0.3) is 15.9 Å². The number of hydrogen-bond donors (Lipinski definition) is 3. The lowest BCUT2D eigenvalue weighted by Crippen LogP contribution is -2.31. The van der Waals surface area contributed by atoms with Crippen LogP contribution in [0.1, 0.15) is 75.6 Å². The van der Waals surface area contributed by atoms with Gasteiger partial charge in [0.05, 0.1) is 12.2 Å². The molecule has 11 nitrogen and oxygen atoms in total. The van der Waals surface area contributed by atoms with Crippen LogP contribution in [0.2, 0.25) is 0 Å². The summed E-state index contributed by atoms with van der Waals surface area (Å²) in [4.78, 5) is 21.2. The Kier molecular flexibility index (Phi) is 7.19. The Balaban J connectivity index is 0.865. The molecule has 1 saturated heterocycles. The summed E-state index contributed by atoms with van der Waals surface area (Å²) < 4.78 is 35.4. The van der Waals surface area contributed by atoms with Crippen molar-refractivity contribution in [2.45, 2.75) is 75.6 Å². The summed E-state index contributed by atoms with van der Waals surface area (Å²) in [5, 5.41) is 11.3. The monoisotopic (exact) mass is 619 g/mol. The smallest absolute Gasteiger partial charge is 0.266 e. The number of carbonyl (C=O) groups excluding carboxylic acids is 1. The zero-order chi connectivity index (χ0) is 30.6. The average molecular weight is 620 g/mol. The van der Waals surface area contributed by atoms with E-state index < -0.39 is 15.9 Å². The maximum absolute atomic E-state index is 12.8. The molecule has 0 aromatic carbocycles. The highest BCUT2D eigenvalue weighted by Crippen LogP contribution is 2.92. The summed E-state index contributed by atoms with van der Waals surface area (Å²) in [6, 6.07) is 7.99. The third kappa shape index (κ3) is 5.69. The van der Waals surface area contributed by atoms with Crippen LogP contribution >= 0.6 is 0 Å². The van der Waals surface area contributed by atoms with Crippen molar-refractivity contribution in [1.82, 2.24) is 29.8 Å². The number of aromatic nitrogens is 4. The molecule has 7 rings (SSSR count). The lowest BCUT2D eigenvalue weighted by Gasteiger charge is -2.17. The van der Waals surface area contributed by atoms with Crippen molar-refractivity contribution in [1.29, 1.82) is 0 Å². The Hall–Kier alpha value is -3.51. The summed E-state index contributed by atoms with van der Waals surface area (Å²) in [7, 11) is -4.11. The van der Waals surface area contributed by atoms with Gasteiger partial charge in [-0.1, -0.05) is 6.42 Å². The molecule has 1 aliphatic heterocycles. The number of unbranched alkanes of at least 4 members (excludes halogenated alkanes) is 1. The molecule has 44 heavy (non-hydrogen) atoms. The van der Waals surface area contributed by atoms with E-state index in [0.29, 0.717) is 40.9 Å². The number of nitrogens with one attached hydrogen (secondary N) is 3. The molecule has 12 heteroatoms. The van der Waals surface area contributed by atoms with E-state index in [0.717, 1.165) is 31.8 Å². The van der Waals surface area contributed by atoms with E-state index in [1.165, 1.54) is 63.1 Å². The number of fused-ring (bicyclic) bond motifs is 1. The predicted octanol–water partition coefficient (Wildman–Crippen LogP) is 4.32. The number of nitrogens with zero attached hydrogens (tertiary/aromatic N) is 4. The van der Waals surface area contributed by atoms with E-state index in [1.807, 2.05) is 0 Å². The number of sulfonamides is 1. The van der Waals surface area contributed by atoms with Crippen LogP contribution in [0.25, 0.3) is 5.82 Å². The molecular weight excluding hydrogens is 578 g/mol. The molecule has 0 bridgehead atoms. The minimum absolute atomic E-state index is 0.0900. The quantitative estimate of drug-likeness (QED) is 0.239. The van der Waals surface area contributed by atoms with Crippen LogP contribution in [-0.4, -0.2) is 59.3 Å². The minimum Gasteiger partial charge on any atom is -0.476 e. The third-order valence-electron chi connectivity index (χ3n) is 10.3. The molecule has 0 radical (unpaired) electrons. The summed E-state index contributed by atoms with van der Waals surface area (Å²) in [6.45, 7) is 7.05. The number of carbonyl (C=O) groups is 1. The van der Waals surface area contributed by atoms with Gasteiger partial charge in [-0.3, -0.25) is 4.79 Å². The highest BCUT2D eigenvalue weighted by atomic mass is 32.2.